The summed E-state index contributed by atoms with van der Waals surface area (Å²) in [5.41, 5.74) is 7.64. The van der Waals surface area contributed by atoms with Crippen molar-refractivity contribution in [2.75, 3.05) is 0 Å². The van der Waals surface area contributed by atoms with Gasteiger partial charge in [0.1, 0.15) is 0 Å². The van der Waals surface area contributed by atoms with E-state index >= 15 is 0 Å². The standard InChI is InChI=1S/C29H28N4OS/c1-4-21-14-16-24(17-15-21)27-31-28(34-32-27)25-20(3)33(18-22-12-10-19(2)11-13-22)29(35)30-26(25)23-8-6-5-7-9-23/h5-17,26H,4,18H2,1-3H3,(H,30,35). The van der Waals surface area contributed by atoms with Gasteiger partial charge in [0.05, 0.1) is 11.6 Å². The molecular weight excluding hydrogens is 452 g/mol. The summed E-state index contributed by atoms with van der Waals surface area (Å²) in [6.07, 6.45) is 0.991. The van der Waals surface area contributed by atoms with Gasteiger partial charge in [-0.15, -0.1) is 0 Å². The van der Waals surface area contributed by atoms with Crippen molar-refractivity contribution in [2.24, 2.45) is 0 Å². The molecule has 5 rings (SSSR count). The number of hydrogen-bond donors (Lipinski definition) is 1. The number of nitrogens with zero attached hydrogens (tertiary/aromatic N) is 3. The molecule has 0 spiro atoms. The molecular formula is C29H28N4OS. The van der Waals surface area contributed by atoms with Crippen LogP contribution in [0.2, 0.25) is 0 Å². The summed E-state index contributed by atoms with van der Waals surface area (Å²) in [5.74, 6) is 1.07. The lowest BCUT2D eigenvalue weighted by atomic mass is 9.94. The smallest absolute Gasteiger partial charge is 0.258 e. The molecule has 0 amide bonds. The Kier molecular flexibility index (Phi) is 6.47. The molecule has 1 aliphatic heterocycles. The van der Waals surface area contributed by atoms with Crippen LogP contribution in [0.3, 0.4) is 0 Å². The number of aromatic nitrogens is 2. The molecule has 3 aromatic carbocycles. The minimum absolute atomic E-state index is 0.186. The second kappa shape index (κ2) is 9.84. The molecule has 1 unspecified atom stereocenters. The molecule has 0 saturated carbocycles. The Morgan fingerprint density at radius 1 is 0.914 bits per heavy atom. The summed E-state index contributed by atoms with van der Waals surface area (Å²) in [6.45, 7) is 6.96. The van der Waals surface area contributed by atoms with Crippen molar-refractivity contribution in [1.29, 1.82) is 0 Å². The van der Waals surface area contributed by atoms with Crippen LogP contribution in [-0.2, 0) is 13.0 Å². The van der Waals surface area contributed by atoms with Crippen molar-refractivity contribution in [3.63, 3.8) is 0 Å². The summed E-state index contributed by atoms with van der Waals surface area (Å²) in [4.78, 5) is 6.92. The molecule has 6 heteroatoms. The Morgan fingerprint density at radius 3 is 2.29 bits per heavy atom. The first-order valence-corrected chi connectivity index (χ1v) is 12.3. The molecule has 2 heterocycles. The largest absolute Gasteiger partial charge is 0.351 e. The molecule has 0 bridgehead atoms. The summed E-state index contributed by atoms with van der Waals surface area (Å²) < 4.78 is 5.86. The SMILES string of the molecule is CCc1ccc(-c2noc(C3=C(C)N(Cc4ccc(C)cc4)C(=S)NC3c3ccccc3)n2)cc1. The first-order valence-electron chi connectivity index (χ1n) is 11.9. The van der Waals surface area contributed by atoms with Gasteiger partial charge in [-0.3, -0.25) is 0 Å². The van der Waals surface area contributed by atoms with E-state index in [0.29, 0.717) is 23.4 Å². The maximum Gasteiger partial charge on any atom is 0.258 e. The average molecular weight is 481 g/mol. The van der Waals surface area contributed by atoms with Gasteiger partial charge in [-0.2, -0.15) is 4.98 Å². The number of hydrogen-bond acceptors (Lipinski definition) is 4. The highest BCUT2D eigenvalue weighted by Gasteiger charge is 2.34. The Hall–Kier alpha value is -3.77. The van der Waals surface area contributed by atoms with Crippen molar-refractivity contribution < 1.29 is 4.52 Å². The van der Waals surface area contributed by atoms with Gasteiger partial charge in [-0.05, 0) is 49.2 Å². The van der Waals surface area contributed by atoms with Gasteiger partial charge in [0.2, 0.25) is 5.82 Å². The Bertz CT molecular complexity index is 1360. The molecule has 1 N–H and O–H groups in total. The molecule has 0 fully saturated rings. The maximum absolute atomic E-state index is 5.86. The topological polar surface area (TPSA) is 54.2 Å². The number of rotatable bonds is 6. The highest BCUT2D eigenvalue weighted by molar-refractivity contribution is 7.80. The Morgan fingerprint density at radius 2 is 1.60 bits per heavy atom. The normalized spacial score (nSPS) is 15.9. The molecule has 35 heavy (non-hydrogen) atoms. The molecule has 0 aliphatic carbocycles. The van der Waals surface area contributed by atoms with Gasteiger partial charge in [0.25, 0.3) is 5.89 Å². The minimum atomic E-state index is -0.186. The lowest BCUT2D eigenvalue weighted by molar-refractivity contribution is 0.396. The average Bonchev–Trinajstić information content (AvgIpc) is 3.37. The maximum atomic E-state index is 5.86. The second-order valence-corrected chi connectivity index (χ2v) is 9.22. The van der Waals surface area contributed by atoms with E-state index in [1.165, 1.54) is 16.7 Å². The third-order valence-corrected chi connectivity index (χ3v) is 6.81. The van der Waals surface area contributed by atoms with Crippen LogP contribution in [0.1, 0.15) is 48.0 Å². The number of benzene rings is 3. The second-order valence-electron chi connectivity index (χ2n) is 8.84. The van der Waals surface area contributed by atoms with E-state index in [9.17, 15) is 0 Å². The van der Waals surface area contributed by atoms with E-state index in [0.717, 1.165) is 28.8 Å². The van der Waals surface area contributed by atoms with E-state index in [1.54, 1.807) is 0 Å². The van der Waals surface area contributed by atoms with Gasteiger partial charge < -0.3 is 14.7 Å². The van der Waals surface area contributed by atoms with Crippen LogP contribution < -0.4 is 5.32 Å². The van der Waals surface area contributed by atoms with E-state index in [2.05, 4.69) is 84.7 Å². The molecule has 0 saturated heterocycles. The first-order chi connectivity index (χ1) is 17.0. The summed E-state index contributed by atoms with van der Waals surface area (Å²) >= 11 is 5.83. The zero-order valence-electron chi connectivity index (χ0n) is 20.2. The summed E-state index contributed by atoms with van der Waals surface area (Å²) in [6, 6.07) is 26.9. The van der Waals surface area contributed by atoms with E-state index < -0.39 is 0 Å². The predicted octanol–water partition coefficient (Wildman–Crippen LogP) is 6.47. The predicted molar refractivity (Wildman–Crippen MR) is 143 cm³/mol. The van der Waals surface area contributed by atoms with Gasteiger partial charge in [0.15, 0.2) is 5.11 Å². The molecule has 1 atom stereocenters. The number of nitrogens with one attached hydrogen (secondary N) is 1. The Labute approximate surface area is 211 Å². The van der Waals surface area contributed by atoms with Crippen LogP contribution in [0.4, 0.5) is 0 Å². The van der Waals surface area contributed by atoms with Crippen LogP contribution in [-0.4, -0.2) is 20.2 Å². The molecule has 5 nitrogen and oxygen atoms in total. The third-order valence-electron chi connectivity index (χ3n) is 6.47. The monoisotopic (exact) mass is 480 g/mol. The highest BCUT2D eigenvalue weighted by atomic mass is 32.1. The highest BCUT2D eigenvalue weighted by Crippen LogP contribution is 2.38. The fourth-order valence-electron chi connectivity index (χ4n) is 4.36. The quantitative estimate of drug-likeness (QED) is 0.319. The zero-order chi connectivity index (χ0) is 24.4. The fraction of sp³-hybridized carbons (Fsp3) is 0.207. The van der Waals surface area contributed by atoms with Gasteiger partial charge >= 0.3 is 0 Å². The summed E-state index contributed by atoms with van der Waals surface area (Å²) in [5, 5.41) is 8.52. The van der Waals surface area contributed by atoms with Crippen molar-refractivity contribution >= 4 is 22.9 Å². The van der Waals surface area contributed by atoms with Gasteiger partial charge in [-0.1, -0.05) is 96.5 Å². The van der Waals surface area contributed by atoms with E-state index in [4.69, 9.17) is 21.7 Å². The molecule has 176 valence electrons. The summed E-state index contributed by atoms with van der Waals surface area (Å²) in [7, 11) is 0. The van der Waals surface area contributed by atoms with Crippen LogP contribution in [0.15, 0.2) is 89.1 Å². The third kappa shape index (κ3) is 4.75. The number of allylic oxidation sites excluding steroid dienone is 1. The van der Waals surface area contributed by atoms with Gasteiger partial charge in [-0.25, -0.2) is 0 Å². The zero-order valence-corrected chi connectivity index (χ0v) is 21.0. The molecule has 4 aromatic rings. The number of thiocarbonyl (C=S) groups is 1. The Balaban J connectivity index is 1.56. The van der Waals surface area contributed by atoms with Crippen molar-refractivity contribution in [3.05, 3.63) is 113 Å². The lowest BCUT2D eigenvalue weighted by Crippen LogP contribution is -2.45. The van der Waals surface area contributed by atoms with Crippen LogP contribution in [0, 0.1) is 6.92 Å². The van der Waals surface area contributed by atoms with Crippen LogP contribution >= 0.6 is 12.2 Å². The van der Waals surface area contributed by atoms with Crippen LogP contribution in [0.5, 0.6) is 0 Å². The van der Waals surface area contributed by atoms with Gasteiger partial charge in [0, 0.05) is 17.8 Å². The van der Waals surface area contributed by atoms with E-state index in [-0.39, 0.29) is 6.04 Å². The van der Waals surface area contributed by atoms with Crippen molar-refractivity contribution in [2.45, 2.75) is 39.8 Å². The molecule has 1 aliphatic rings. The first kappa shape index (κ1) is 23.0. The number of aryl methyl sites for hydroxylation is 2. The molecule has 0 radical (unpaired) electrons. The van der Waals surface area contributed by atoms with Crippen molar-refractivity contribution in [1.82, 2.24) is 20.4 Å². The van der Waals surface area contributed by atoms with Crippen molar-refractivity contribution in [3.8, 4) is 11.4 Å². The lowest BCUT2D eigenvalue weighted by Gasteiger charge is -2.37. The minimum Gasteiger partial charge on any atom is -0.351 e. The van der Waals surface area contributed by atoms with Crippen LogP contribution in [0.25, 0.3) is 17.0 Å². The molecule has 1 aromatic heterocycles. The van der Waals surface area contributed by atoms with E-state index in [1.807, 2.05) is 30.3 Å². The fourth-order valence-corrected chi connectivity index (χ4v) is 4.68.